The molecule has 1 aliphatic heterocycles. The Hall–Kier alpha value is -1.68. The maximum atomic E-state index is 13.8. The lowest BCUT2D eigenvalue weighted by Gasteiger charge is -2.21. The fourth-order valence-corrected chi connectivity index (χ4v) is 2.51. The van der Waals surface area contributed by atoms with Crippen LogP contribution in [0.4, 0.5) is 4.39 Å². The molecule has 1 saturated heterocycles. The van der Waals surface area contributed by atoms with E-state index in [0.717, 1.165) is 37.3 Å². The van der Waals surface area contributed by atoms with Crippen LogP contribution in [0.2, 0.25) is 0 Å². The zero-order valence-corrected chi connectivity index (χ0v) is 10.0. The Morgan fingerprint density at radius 3 is 2.72 bits per heavy atom. The van der Waals surface area contributed by atoms with Crippen molar-refractivity contribution in [3.63, 3.8) is 0 Å². The molecule has 0 saturated carbocycles. The molecule has 0 radical (unpaired) electrons. The largest absolute Gasteiger partial charge is 0.360 e. The van der Waals surface area contributed by atoms with Gasteiger partial charge in [0, 0.05) is 17.0 Å². The molecular weight excluding hydrogens is 231 g/mol. The first-order valence-corrected chi connectivity index (χ1v) is 6.26. The van der Waals surface area contributed by atoms with Crippen molar-refractivity contribution in [3.8, 4) is 11.1 Å². The van der Waals surface area contributed by atoms with Gasteiger partial charge in [0.1, 0.15) is 11.6 Å². The second-order valence-electron chi connectivity index (χ2n) is 4.61. The fraction of sp³-hybridized carbons (Fsp3) is 0.357. The Balaban J connectivity index is 1.98. The van der Waals surface area contributed by atoms with Gasteiger partial charge in [-0.2, -0.15) is 0 Å². The first-order valence-electron chi connectivity index (χ1n) is 6.26. The average molecular weight is 246 g/mol. The minimum atomic E-state index is -0.226. The van der Waals surface area contributed by atoms with Crippen molar-refractivity contribution in [2.45, 2.75) is 18.8 Å². The molecular formula is C14H15FN2O. The number of nitrogens with zero attached hydrogens (tertiary/aromatic N) is 1. The van der Waals surface area contributed by atoms with Crippen LogP contribution in [0.15, 0.2) is 35.0 Å². The van der Waals surface area contributed by atoms with Gasteiger partial charge >= 0.3 is 0 Å². The summed E-state index contributed by atoms with van der Waals surface area (Å²) in [5, 5.41) is 7.16. The standard InChI is InChI=1S/C14H15FN2O/c15-13-4-2-1-3-11(13)12-9-17-18-14(12)10-5-7-16-8-6-10/h1-4,9-10,16H,5-8H2. The summed E-state index contributed by atoms with van der Waals surface area (Å²) in [4.78, 5) is 0. The molecule has 1 N–H and O–H groups in total. The molecule has 94 valence electrons. The predicted octanol–water partition coefficient (Wildman–Crippen LogP) is 2.95. The number of piperidine rings is 1. The molecule has 0 spiro atoms. The van der Waals surface area contributed by atoms with Crippen LogP contribution in [-0.4, -0.2) is 18.2 Å². The lowest BCUT2D eigenvalue weighted by atomic mass is 9.91. The van der Waals surface area contributed by atoms with Crippen molar-refractivity contribution in [1.82, 2.24) is 10.5 Å². The van der Waals surface area contributed by atoms with Gasteiger partial charge in [-0.15, -0.1) is 0 Å². The summed E-state index contributed by atoms with van der Waals surface area (Å²) < 4.78 is 19.2. The van der Waals surface area contributed by atoms with Gasteiger partial charge in [0.05, 0.1) is 6.20 Å². The van der Waals surface area contributed by atoms with Gasteiger partial charge in [-0.3, -0.25) is 0 Å². The third-order valence-corrected chi connectivity index (χ3v) is 3.47. The van der Waals surface area contributed by atoms with Gasteiger partial charge < -0.3 is 9.84 Å². The van der Waals surface area contributed by atoms with Gasteiger partial charge in [-0.05, 0) is 32.0 Å². The summed E-state index contributed by atoms with van der Waals surface area (Å²) in [6.07, 6.45) is 3.64. The van der Waals surface area contributed by atoms with E-state index < -0.39 is 0 Å². The smallest absolute Gasteiger partial charge is 0.147 e. The average Bonchev–Trinajstić information content (AvgIpc) is 2.89. The van der Waals surface area contributed by atoms with E-state index in [4.69, 9.17) is 4.52 Å². The number of nitrogens with one attached hydrogen (secondary N) is 1. The van der Waals surface area contributed by atoms with Crippen molar-refractivity contribution >= 4 is 0 Å². The SMILES string of the molecule is Fc1ccccc1-c1cnoc1C1CCNCC1. The Morgan fingerprint density at radius 2 is 1.94 bits per heavy atom. The van der Waals surface area contributed by atoms with E-state index in [2.05, 4.69) is 10.5 Å². The van der Waals surface area contributed by atoms with Crippen molar-refractivity contribution < 1.29 is 8.91 Å². The number of hydrogen-bond acceptors (Lipinski definition) is 3. The molecule has 18 heavy (non-hydrogen) atoms. The summed E-state index contributed by atoms with van der Waals surface area (Å²) >= 11 is 0. The monoisotopic (exact) mass is 246 g/mol. The molecule has 1 aromatic carbocycles. The second-order valence-corrected chi connectivity index (χ2v) is 4.61. The van der Waals surface area contributed by atoms with E-state index in [0.29, 0.717) is 11.5 Å². The molecule has 2 aromatic rings. The number of rotatable bonds is 2. The van der Waals surface area contributed by atoms with Gasteiger partial charge in [0.25, 0.3) is 0 Å². The number of halogens is 1. The summed E-state index contributed by atoms with van der Waals surface area (Å²) in [6.45, 7) is 1.95. The molecule has 0 amide bonds. The highest BCUT2D eigenvalue weighted by molar-refractivity contribution is 5.65. The normalized spacial score (nSPS) is 16.9. The Bertz CT molecular complexity index is 532. The molecule has 3 nitrogen and oxygen atoms in total. The van der Waals surface area contributed by atoms with E-state index in [9.17, 15) is 4.39 Å². The Kier molecular flexibility index (Phi) is 3.11. The fourth-order valence-electron chi connectivity index (χ4n) is 2.51. The highest BCUT2D eigenvalue weighted by Gasteiger charge is 2.24. The second kappa shape index (κ2) is 4.90. The molecule has 0 atom stereocenters. The zero-order chi connectivity index (χ0) is 12.4. The number of benzene rings is 1. The molecule has 1 aliphatic rings. The van der Waals surface area contributed by atoms with Crippen LogP contribution in [0.25, 0.3) is 11.1 Å². The van der Waals surface area contributed by atoms with E-state index in [1.165, 1.54) is 6.07 Å². The molecule has 1 fully saturated rings. The summed E-state index contributed by atoms with van der Waals surface area (Å²) in [5.74, 6) is 0.931. The first-order chi connectivity index (χ1) is 8.86. The summed E-state index contributed by atoms with van der Waals surface area (Å²) in [5.41, 5.74) is 1.37. The maximum absolute atomic E-state index is 13.8. The number of aromatic nitrogens is 1. The molecule has 1 aromatic heterocycles. The molecule has 0 aliphatic carbocycles. The zero-order valence-electron chi connectivity index (χ0n) is 10.0. The lowest BCUT2D eigenvalue weighted by molar-refractivity contribution is 0.328. The van der Waals surface area contributed by atoms with Crippen LogP contribution in [0.5, 0.6) is 0 Å². The molecule has 0 bridgehead atoms. The van der Waals surface area contributed by atoms with Crippen LogP contribution in [0.3, 0.4) is 0 Å². The van der Waals surface area contributed by atoms with Crippen molar-refractivity contribution in [2.75, 3.05) is 13.1 Å². The van der Waals surface area contributed by atoms with E-state index in [1.807, 2.05) is 6.07 Å². The van der Waals surface area contributed by atoms with Crippen LogP contribution < -0.4 is 5.32 Å². The molecule has 3 rings (SSSR count). The molecule has 2 heterocycles. The Labute approximate surface area is 105 Å². The summed E-state index contributed by atoms with van der Waals surface area (Å²) in [6, 6.07) is 6.76. The molecule has 4 heteroatoms. The highest BCUT2D eigenvalue weighted by Crippen LogP contribution is 2.34. The Morgan fingerprint density at radius 1 is 1.17 bits per heavy atom. The van der Waals surface area contributed by atoms with Gasteiger partial charge in [-0.1, -0.05) is 23.4 Å². The van der Waals surface area contributed by atoms with E-state index >= 15 is 0 Å². The first kappa shape index (κ1) is 11.4. The van der Waals surface area contributed by atoms with Crippen LogP contribution >= 0.6 is 0 Å². The van der Waals surface area contributed by atoms with Gasteiger partial charge in [0.15, 0.2) is 0 Å². The van der Waals surface area contributed by atoms with Crippen molar-refractivity contribution in [3.05, 3.63) is 42.0 Å². The van der Waals surface area contributed by atoms with Crippen LogP contribution in [0, 0.1) is 5.82 Å². The third kappa shape index (κ3) is 2.04. The van der Waals surface area contributed by atoms with Crippen molar-refractivity contribution in [2.24, 2.45) is 0 Å². The minimum absolute atomic E-state index is 0.226. The van der Waals surface area contributed by atoms with Gasteiger partial charge in [-0.25, -0.2) is 4.39 Å². The van der Waals surface area contributed by atoms with E-state index in [-0.39, 0.29) is 5.82 Å². The van der Waals surface area contributed by atoms with Crippen molar-refractivity contribution in [1.29, 1.82) is 0 Å². The molecule has 0 unspecified atom stereocenters. The number of hydrogen-bond donors (Lipinski definition) is 1. The third-order valence-electron chi connectivity index (χ3n) is 3.47. The minimum Gasteiger partial charge on any atom is -0.360 e. The van der Waals surface area contributed by atoms with Gasteiger partial charge in [0.2, 0.25) is 0 Å². The topological polar surface area (TPSA) is 38.1 Å². The highest BCUT2D eigenvalue weighted by atomic mass is 19.1. The van der Waals surface area contributed by atoms with E-state index in [1.54, 1.807) is 18.3 Å². The van der Waals surface area contributed by atoms with Crippen LogP contribution in [0.1, 0.15) is 24.5 Å². The predicted molar refractivity (Wildman–Crippen MR) is 66.7 cm³/mol. The maximum Gasteiger partial charge on any atom is 0.147 e. The van der Waals surface area contributed by atoms with Crippen LogP contribution in [-0.2, 0) is 0 Å². The quantitative estimate of drug-likeness (QED) is 0.885. The lowest BCUT2D eigenvalue weighted by Crippen LogP contribution is -2.26. The summed E-state index contributed by atoms with van der Waals surface area (Å²) in [7, 11) is 0.